The first-order valence-electron chi connectivity index (χ1n) is 6.47. The highest BCUT2D eigenvalue weighted by Gasteiger charge is 2.16. The fourth-order valence-electron chi connectivity index (χ4n) is 2.20. The Kier molecular flexibility index (Phi) is 3.35. The second-order valence-corrected chi connectivity index (χ2v) is 5.03. The first-order chi connectivity index (χ1) is 10.1. The topological polar surface area (TPSA) is 67.5 Å². The van der Waals surface area contributed by atoms with Gasteiger partial charge in [0, 0.05) is 16.3 Å². The molecule has 0 fully saturated rings. The molecule has 2 aromatic heterocycles. The molecule has 21 heavy (non-hydrogen) atoms. The van der Waals surface area contributed by atoms with Crippen molar-refractivity contribution in [2.75, 3.05) is 0 Å². The average molecular weight is 302 g/mol. The maximum atomic E-state index is 11.3. The van der Waals surface area contributed by atoms with Gasteiger partial charge in [-0.05, 0) is 24.6 Å². The average Bonchev–Trinajstić information content (AvgIpc) is 2.91. The molecule has 3 rings (SSSR count). The lowest BCUT2D eigenvalue weighted by Crippen LogP contribution is -2.03. The summed E-state index contributed by atoms with van der Waals surface area (Å²) in [6, 6.07) is 9.19. The molecule has 0 amide bonds. The van der Waals surface area contributed by atoms with E-state index in [0.717, 1.165) is 17.7 Å². The van der Waals surface area contributed by atoms with E-state index in [2.05, 4.69) is 10.1 Å². The van der Waals surface area contributed by atoms with Gasteiger partial charge < -0.3 is 5.11 Å². The molecule has 0 aliphatic rings. The van der Waals surface area contributed by atoms with Crippen molar-refractivity contribution in [1.82, 2.24) is 14.6 Å². The van der Waals surface area contributed by atoms with Crippen molar-refractivity contribution in [1.29, 1.82) is 0 Å². The molecule has 0 bridgehead atoms. The lowest BCUT2D eigenvalue weighted by molar-refractivity contribution is 0.0699. The highest BCUT2D eigenvalue weighted by Crippen LogP contribution is 2.23. The zero-order chi connectivity index (χ0) is 15.0. The largest absolute Gasteiger partial charge is 0.477 e. The number of carboxylic acids is 1. The monoisotopic (exact) mass is 301 g/mol. The summed E-state index contributed by atoms with van der Waals surface area (Å²) in [5.41, 5.74) is 2.94. The molecule has 1 N–H and O–H groups in total. The Hall–Kier alpha value is -2.40. The van der Waals surface area contributed by atoms with Crippen LogP contribution in [-0.4, -0.2) is 25.7 Å². The van der Waals surface area contributed by atoms with Gasteiger partial charge >= 0.3 is 5.97 Å². The normalized spacial score (nSPS) is 11.0. The zero-order valence-electron chi connectivity index (χ0n) is 11.2. The van der Waals surface area contributed by atoms with E-state index in [-0.39, 0.29) is 5.56 Å². The van der Waals surface area contributed by atoms with Crippen molar-refractivity contribution in [3.05, 3.63) is 52.8 Å². The van der Waals surface area contributed by atoms with Crippen molar-refractivity contribution in [3.63, 3.8) is 0 Å². The van der Waals surface area contributed by atoms with Crippen LogP contribution in [0.4, 0.5) is 0 Å². The Morgan fingerprint density at radius 3 is 2.67 bits per heavy atom. The van der Waals surface area contributed by atoms with E-state index in [9.17, 15) is 9.90 Å². The van der Waals surface area contributed by atoms with E-state index < -0.39 is 5.97 Å². The van der Waals surface area contributed by atoms with Gasteiger partial charge in [-0.3, -0.25) is 0 Å². The highest BCUT2D eigenvalue weighted by atomic mass is 35.5. The maximum absolute atomic E-state index is 11.3. The number of carboxylic acid groups (broad SMARTS) is 1. The van der Waals surface area contributed by atoms with E-state index in [1.54, 1.807) is 16.6 Å². The number of hydrogen-bond acceptors (Lipinski definition) is 3. The Morgan fingerprint density at radius 2 is 2.05 bits per heavy atom. The van der Waals surface area contributed by atoms with Gasteiger partial charge in [0.25, 0.3) is 0 Å². The number of hydrogen-bond donors (Lipinski definition) is 1. The Balaban J connectivity index is 2.26. The van der Waals surface area contributed by atoms with Gasteiger partial charge in [-0.2, -0.15) is 5.10 Å². The predicted octanol–water partition coefficient (Wildman–Crippen LogP) is 3.31. The predicted molar refractivity (Wildman–Crippen MR) is 79.8 cm³/mol. The number of rotatable bonds is 3. The van der Waals surface area contributed by atoms with Gasteiger partial charge in [-0.25, -0.2) is 14.3 Å². The smallest absolute Gasteiger partial charge is 0.341 e. The number of carbonyl (C=O) groups is 1. The lowest BCUT2D eigenvalue weighted by Gasteiger charge is -2.07. The van der Waals surface area contributed by atoms with Crippen LogP contribution in [-0.2, 0) is 6.42 Å². The molecule has 2 heterocycles. The van der Waals surface area contributed by atoms with Gasteiger partial charge in [0.15, 0.2) is 5.65 Å². The number of aryl methyl sites for hydroxylation is 1. The number of fused-ring (bicyclic) bond motifs is 1. The highest BCUT2D eigenvalue weighted by molar-refractivity contribution is 6.30. The number of benzene rings is 1. The molecule has 5 nitrogen and oxygen atoms in total. The van der Waals surface area contributed by atoms with Crippen molar-refractivity contribution in [3.8, 4) is 11.3 Å². The van der Waals surface area contributed by atoms with Gasteiger partial charge in [-0.1, -0.05) is 30.7 Å². The minimum absolute atomic E-state index is 0.0977. The molecule has 0 atom stereocenters. The molecule has 0 aliphatic carbocycles. The van der Waals surface area contributed by atoms with Crippen LogP contribution in [0.3, 0.4) is 0 Å². The molecule has 0 unspecified atom stereocenters. The number of aromatic nitrogens is 3. The summed E-state index contributed by atoms with van der Waals surface area (Å²) < 4.78 is 1.57. The zero-order valence-corrected chi connectivity index (χ0v) is 12.0. The number of nitrogens with zero attached hydrogens (tertiary/aromatic N) is 3. The second kappa shape index (κ2) is 5.18. The van der Waals surface area contributed by atoms with Crippen molar-refractivity contribution >= 4 is 23.2 Å². The molecule has 0 spiro atoms. The summed E-state index contributed by atoms with van der Waals surface area (Å²) in [6.07, 6.45) is 2.05. The summed E-state index contributed by atoms with van der Waals surface area (Å²) >= 11 is 5.89. The van der Waals surface area contributed by atoms with Gasteiger partial charge in [0.2, 0.25) is 0 Å². The third-order valence-corrected chi connectivity index (χ3v) is 3.53. The number of halogens is 1. The number of aromatic carboxylic acids is 1. The van der Waals surface area contributed by atoms with Crippen molar-refractivity contribution in [2.45, 2.75) is 13.3 Å². The van der Waals surface area contributed by atoms with Crippen LogP contribution in [0.25, 0.3) is 16.9 Å². The van der Waals surface area contributed by atoms with Crippen LogP contribution in [0.15, 0.2) is 36.5 Å². The fourth-order valence-corrected chi connectivity index (χ4v) is 2.32. The minimum Gasteiger partial charge on any atom is -0.477 e. The molecule has 1 aromatic carbocycles. The first kappa shape index (κ1) is 13.6. The molecule has 0 saturated heterocycles. The summed E-state index contributed by atoms with van der Waals surface area (Å²) in [5.74, 6) is -1.03. The van der Waals surface area contributed by atoms with E-state index in [0.29, 0.717) is 16.4 Å². The van der Waals surface area contributed by atoms with E-state index in [4.69, 9.17) is 11.6 Å². The van der Waals surface area contributed by atoms with Gasteiger partial charge in [0.1, 0.15) is 5.56 Å². The summed E-state index contributed by atoms with van der Waals surface area (Å²) in [4.78, 5) is 15.7. The van der Waals surface area contributed by atoms with Crippen LogP contribution in [0, 0.1) is 0 Å². The third-order valence-electron chi connectivity index (χ3n) is 3.28. The molecular formula is C15H12ClN3O2. The summed E-state index contributed by atoms with van der Waals surface area (Å²) in [5, 5.41) is 14.0. The minimum atomic E-state index is -1.03. The SMILES string of the molecule is CCc1cc(-c2ccc(Cl)cc2)nc2c(C(=O)O)cnn12. The van der Waals surface area contributed by atoms with Crippen LogP contribution >= 0.6 is 11.6 Å². The lowest BCUT2D eigenvalue weighted by atomic mass is 10.1. The quantitative estimate of drug-likeness (QED) is 0.806. The molecule has 0 saturated carbocycles. The van der Waals surface area contributed by atoms with Crippen LogP contribution in [0.1, 0.15) is 23.0 Å². The first-order valence-corrected chi connectivity index (χ1v) is 6.85. The maximum Gasteiger partial charge on any atom is 0.341 e. The van der Waals surface area contributed by atoms with Crippen LogP contribution in [0.2, 0.25) is 5.02 Å². The van der Waals surface area contributed by atoms with E-state index in [1.165, 1.54) is 6.20 Å². The second-order valence-electron chi connectivity index (χ2n) is 4.59. The van der Waals surface area contributed by atoms with Gasteiger partial charge in [-0.15, -0.1) is 0 Å². The van der Waals surface area contributed by atoms with Crippen molar-refractivity contribution in [2.24, 2.45) is 0 Å². The van der Waals surface area contributed by atoms with Crippen LogP contribution < -0.4 is 0 Å². The fraction of sp³-hybridized carbons (Fsp3) is 0.133. The summed E-state index contributed by atoms with van der Waals surface area (Å²) in [6.45, 7) is 1.99. The van der Waals surface area contributed by atoms with Crippen LogP contribution in [0.5, 0.6) is 0 Å². The molecule has 3 aromatic rings. The Morgan fingerprint density at radius 1 is 1.33 bits per heavy atom. The van der Waals surface area contributed by atoms with Gasteiger partial charge in [0.05, 0.1) is 11.9 Å². The van der Waals surface area contributed by atoms with Crippen molar-refractivity contribution < 1.29 is 9.90 Å². The standard InChI is InChI=1S/C15H12ClN3O2/c1-2-11-7-13(9-3-5-10(16)6-4-9)18-14-12(15(20)21)8-17-19(11)14/h3-8H,2H2,1H3,(H,20,21). The molecule has 0 radical (unpaired) electrons. The van der Waals surface area contributed by atoms with E-state index >= 15 is 0 Å². The summed E-state index contributed by atoms with van der Waals surface area (Å²) in [7, 11) is 0. The van der Waals surface area contributed by atoms with E-state index in [1.807, 2.05) is 25.1 Å². The molecule has 106 valence electrons. The molecular weight excluding hydrogens is 290 g/mol. The Labute approximate surface area is 125 Å². The Bertz CT molecular complexity index is 825. The third kappa shape index (κ3) is 2.36. The molecule has 0 aliphatic heterocycles. The molecule has 6 heteroatoms.